The van der Waals surface area contributed by atoms with Crippen molar-refractivity contribution in [1.82, 2.24) is 0 Å². The first-order valence-corrected chi connectivity index (χ1v) is 3.80. The van der Waals surface area contributed by atoms with Crippen LogP contribution in [0.3, 0.4) is 0 Å². The van der Waals surface area contributed by atoms with Gasteiger partial charge in [0.05, 0.1) is 5.69 Å². The molecule has 1 aromatic carbocycles. The van der Waals surface area contributed by atoms with Gasteiger partial charge >= 0.3 is 0 Å². The average molecular weight is 180 g/mol. The zero-order valence-corrected chi connectivity index (χ0v) is 6.87. The molecule has 0 fully saturated rings. The number of anilines is 3. The number of aliphatic imine (C=N–C) groups is 1. The van der Waals surface area contributed by atoms with Crippen molar-refractivity contribution in [2.75, 3.05) is 23.3 Å². The summed E-state index contributed by atoms with van der Waals surface area (Å²) >= 11 is 0. The van der Waals surface area contributed by atoms with Gasteiger partial charge in [-0.3, -0.25) is 4.99 Å². The molecule has 1 heterocycles. The standard InChI is InChI=1S/C8H9FN4/c9-13-4-12-3-5-1-6(10)2-7(11)8(5)13/h1-3H,4,10-11H2. The lowest BCUT2D eigenvalue weighted by Gasteiger charge is -2.20. The topological polar surface area (TPSA) is 67.6 Å². The fraction of sp³-hybridized carbons (Fsp3) is 0.125. The van der Waals surface area contributed by atoms with E-state index < -0.39 is 0 Å². The molecule has 0 saturated heterocycles. The monoisotopic (exact) mass is 180 g/mol. The lowest BCUT2D eigenvalue weighted by molar-refractivity contribution is 0.439. The molecule has 0 unspecified atom stereocenters. The Morgan fingerprint density at radius 1 is 1.38 bits per heavy atom. The summed E-state index contributed by atoms with van der Waals surface area (Å²) in [5.41, 5.74) is 13.0. The first-order valence-electron chi connectivity index (χ1n) is 3.80. The molecule has 0 radical (unpaired) electrons. The fourth-order valence-electron chi connectivity index (χ4n) is 1.36. The van der Waals surface area contributed by atoms with Crippen molar-refractivity contribution in [3.63, 3.8) is 0 Å². The SMILES string of the molecule is Nc1cc(N)c2c(c1)C=NCN2F. The molecular formula is C8H9FN4. The Morgan fingerprint density at radius 2 is 2.15 bits per heavy atom. The highest BCUT2D eigenvalue weighted by Crippen LogP contribution is 2.31. The van der Waals surface area contributed by atoms with Crippen molar-refractivity contribution < 1.29 is 4.48 Å². The first kappa shape index (κ1) is 7.85. The first-order chi connectivity index (χ1) is 6.18. The highest BCUT2D eigenvalue weighted by Gasteiger charge is 2.16. The van der Waals surface area contributed by atoms with E-state index in [0.717, 1.165) is 0 Å². The van der Waals surface area contributed by atoms with Crippen LogP contribution in [0.4, 0.5) is 21.5 Å². The molecule has 1 aromatic rings. The van der Waals surface area contributed by atoms with Crippen molar-refractivity contribution in [1.29, 1.82) is 0 Å². The Morgan fingerprint density at radius 3 is 2.92 bits per heavy atom. The summed E-state index contributed by atoms with van der Waals surface area (Å²) in [6, 6.07) is 3.17. The van der Waals surface area contributed by atoms with Gasteiger partial charge in [0.15, 0.2) is 0 Å². The van der Waals surface area contributed by atoms with Gasteiger partial charge in [-0.05, 0) is 12.1 Å². The second-order valence-corrected chi connectivity index (χ2v) is 2.86. The van der Waals surface area contributed by atoms with E-state index in [9.17, 15) is 4.48 Å². The lowest BCUT2D eigenvalue weighted by atomic mass is 10.1. The van der Waals surface area contributed by atoms with Crippen molar-refractivity contribution in [2.24, 2.45) is 4.99 Å². The highest BCUT2D eigenvalue weighted by molar-refractivity contribution is 5.95. The molecule has 0 atom stereocenters. The third-order valence-electron chi connectivity index (χ3n) is 1.87. The maximum absolute atomic E-state index is 13.2. The van der Waals surface area contributed by atoms with Crippen LogP contribution in [0.1, 0.15) is 5.56 Å². The van der Waals surface area contributed by atoms with Gasteiger partial charge in [0.25, 0.3) is 0 Å². The van der Waals surface area contributed by atoms with Crippen molar-refractivity contribution in [2.45, 2.75) is 0 Å². The molecule has 68 valence electrons. The highest BCUT2D eigenvalue weighted by atomic mass is 19.2. The van der Waals surface area contributed by atoms with E-state index in [4.69, 9.17) is 11.5 Å². The Balaban J connectivity index is 2.65. The number of halogens is 1. The van der Waals surface area contributed by atoms with E-state index in [2.05, 4.69) is 4.99 Å². The molecule has 13 heavy (non-hydrogen) atoms. The minimum atomic E-state index is -0.0128. The van der Waals surface area contributed by atoms with Crippen LogP contribution in [0.15, 0.2) is 17.1 Å². The number of fused-ring (bicyclic) bond motifs is 1. The minimum absolute atomic E-state index is 0.0128. The zero-order valence-electron chi connectivity index (χ0n) is 6.87. The summed E-state index contributed by atoms with van der Waals surface area (Å²) in [6.45, 7) is -0.0128. The molecule has 4 nitrogen and oxygen atoms in total. The van der Waals surface area contributed by atoms with Gasteiger partial charge in [0, 0.05) is 17.5 Å². The summed E-state index contributed by atoms with van der Waals surface area (Å²) < 4.78 is 13.2. The molecule has 1 aliphatic heterocycles. The van der Waals surface area contributed by atoms with Crippen molar-refractivity contribution in [3.05, 3.63) is 17.7 Å². The smallest absolute Gasteiger partial charge is 0.140 e. The van der Waals surface area contributed by atoms with Crippen LogP contribution < -0.4 is 16.6 Å². The molecule has 2 rings (SSSR count). The van der Waals surface area contributed by atoms with Gasteiger partial charge in [-0.2, -0.15) is 5.12 Å². The van der Waals surface area contributed by atoms with E-state index >= 15 is 0 Å². The second-order valence-electron chi connectivity index (χ2n) is 2.86. The van der Waals surface area contributed by atoms with Gasteiger partial charge < -0.3 is 11.5 Å². The van der Waals surface area contributed by atoms with E-state index in [-0.39, 0.29) is 6.67 Å². The number of nitrogens with zero attached hydrogens (tertiary/aromatic N) is 2. The molecule has 0 aliphatic carbocycles. The quantitative estimate of drug-likeness (QED) is 0.461. The number of benzene rings is 1. The normalized spacial score (nSPS) is 14.4. The molecule has 1 aliphatic rings. The van der Waals surface area contributed by atoms with Crippen LogP contribution in [0.25, 0.3) is 0 Å². The molecule has 4 N–H and O–H groups in total. The number of hydrogen-bond acceptors (Lipinski definition) is 4. The predicted octanol–water partition coefficient (Wildman–Crippen LogP) is 0.932. The molecular weight excluding hydrogens is 171 g/mol. The van der Waals surface area contributed by atoms with Gasteiger partial charge in [0.2, 0.25) is 0 Å². The summed E-state index contributed by atoms with van der Waals surface area (Å²) in [6.07, 6.45) is 1.57. The van der Waals surface area contributed by atoms with Gasteiger partial charge in [-0.15, -0.1) is 0 Å². The van der Waals surface area contributed by atoms with E-state index in [1.807, 2.05) is 0 Å². The Kier molecular flexibility index (Phi) is 1.58. The summed E-state index contributed by atoms with van der Waals surface area (Å²) in [7, 11) is 0. The Labute approximate surface area is 74.6 Å². The molecule has 0 spiro atoms. The van der Waals surface area contributed by atoms with Crippen LogP contribution in [0.2, 0.25) is 0 Å². The average Bonchev–Trinajstić information content (AvgIpc) is 2.02. The van der Waals surface area contributed by atoms with Crippen molar-refractivity contribution in [3.8, 4) is 0 Å². The van der Waals surface area contributed by atoms with E-state index in [1.54, 1.807) is 12.3 Å². The number of nitrogens with two attached hydrogens (primary N) is 2. The number of nitrogen functional groups attached to an aromatic ring is 2. The van der Waals surface area contributed by atoms with Crippen LogP contribution in [-0.2, 0) is 0 Å². The second kappa shape index (κ2) is 2.62. The Bertz CT molecular complexity index is 375. The third-order valence-corrected chi connectivity index (χ3v) is 1.87. The third kappa shape index (κ3) is 1.18. The largest absolute Gasteiger partial charge is 0.399 e. The van der Waals surface area contributed by atoms with E-state index in [0.29, 0.717) is 27.7 Å². The molecule has 0 saturated carbocycles. The summed E-state index contributed by atoms with van der Waals surface area (Å²) in [5.74, 6) is 0. The van der Waals surface area contributed by atoms with Crippen LogP contribution in [0, 0.1) is 0 Å². The van der Waals surface area contributed by atoms with E-state index in [1.165, 1.54) is 6.07 Å². The van der Waals surface area contributed by atoms with Crippen LogP contribution in [0.5, 0.6) is 0 Å². The van der Waals surface area contributed by atoms with Crippen LogP contribution >= 0.6 is 0 Å². The molecule has 0 bridgehead atoms. The summed E-state index contributed by atoms with van der Waals surface area (Å²) in [4.78, 5) is 3.80. The lowest BCUT2D eigenvalue weighted by Crippen LogP contribution is -2.19. The number of hydrogen-bond donors (Lipinski definition) is 2. The Hall–Kier alpha value is -1.78. The molecule has 0 amide bonds. The van der Waals surface area contributed by atoms with Crippen LogP contribution in [-0.4, -0.2) is 12.9 Å². The van der Waals surface area contributed by atoms with Gasteiger partial charge in [0.1, 0.15) is 12.4 Å². The predicted molar refractivity (Wildman–Crippen MR) is 51.3 cm³/mol. The minimum Gasteiger partial charge on any atom is -0.399 e. The van der Waals surface area contributed by atoms with Gasteiger partial charge in [-0.25, -0.2) is 0 Å². The fourth-order valence-corrected chi connectivity index (χ4v) is 1.36. The van der Waals surface area contributed by atoms with Crippen molar-refractivity contribution >= 4 is 23.3 Å². The maximum atomic E-state index is 13.2. The summed E-state index contributed by atoms with van der Waals surface area (Å²) in [5, 5.41) is 0.504. The molecule has 5 heteroatoms. The molecule has 0 aromatic heterocycles. The zero-order chi connectivity index (χ0) is 9.42. The number of rotatable bonds is 0. The van der Waals surface area contributed by atoms with Gasteiger partial charge in [-0.1, -0.05) is 4.48 Å². The maximum Gasteiger partial charge on any atom is 0.140 e.